The van der Waals surface area contributed by atoms with Gasteiger partial charge in [-0.3, -0.25) is 0 Å². The number of hydrogen-bond acceptors (Lipinski definition) is 0. The summed E-state index contributed by atoms with van der Waals surface area (Å²) in [6, 6.07) is 20.9. The molecule has 2 aromatic rings. The van der Waals surface area contributed by atoms with Gasteiger partial charge in [0.15, 0.2) is 0 Å². The van der Waals surface area contributed by atoms with Gasteiger partial charge in [-0.2, -0.15) is 0 Å². The molecule has 0 nitrogen and oxygen atoms in total. The van der Waals surface area contributed by atoms with Crippen LogP contribution in [0.1, 0.15) is 6.92 Å². The van der Waals surface area contributed by atoms with Crippen LogP contribution < -0.4 is 10.6 Å². The smallest absolute Gasteiger partial charge is 0.0348 e. The molecule has 0 saturated carbocycles. The molecule has 1 heteroatoms. The lowest BCUT2D eigenvalue weighted by Crippen LogP contribution is -2.09. The van der Waals surface area contributed by atoms with Gasteiger partial charge in [-0.25, -0.2) is 0 Å². The summed E-state index contributed by atoms with van der Waals surface area (Å²) in [6.07, 6.45) is 0. The van der Waals surface area contributed by atoms with Crippen LogP contribution in [0.2, 0.25) is 0 Å². The van der Waals surface area contributed by atoms with Crippen molar-refractivity contribution in [1.29, 1.82) is 0 Å². The van der Waals surface area contributed by atoms with E-state index in [1.165, 1.54) is 10.6 Å². The maximum atomic E-state index is 3.85. The predicted molar refractivity (Wildman–Crippen MR) is 81.7 cm³/mol. The standard InChI is InChI=1S/C17H15P/c1-15(2)13-14-18(16-9-5-3-6-10-16)17-11-7-4-8-12-17/h3-12H,1H2,2H3. The highest BCUT2D eigenvalue weighted by Crippen LogP contribution is 2.31. The third-order valence-electron chi connectivity index (χ3n) is 2.41. The molecular formula is C17H15P. The Morgan fingerprint density at radius 3 is 1.72 bits per heavy atom. The van der Waals surface area contributed by atoms with Crippen molar-refractivity contribution in [1.82, 2.24) is 0 Å². The van der Waals surface area contributed by atoms with Gasteiger partial charge in [0.25, 0.3) is 0 Å². The molecule has 0 spiro atoms. The maximum absolute atomic E-state index is 3.85. The lowest BCUT2D eigenvalue weighted by atomic mass is 10.4. The molecule has 2 rings (SSSR count). The Bertz CT molecular complexity index is 534. The Balaban J connectivity index is 2.43. The van der Waals surface area contributed by atoms with Crippen molar-refractivity contribution >= 4 is 18.5 Å². The van der Waals surface area contributed by atoms with Crippen molar-refractivity contribution in [2.24, 2.45) is 0 Å². The highest BCUT2D eigenvalue weighted by atomic mass is 31.1. The Hall–Kier alpha value is -1.83. The second-order valence-electron chi connectivity index (χ2n) is 4.02. The first kappa shape index (κ1) is 12.6. The fraction of sp³-hybridized carbons (Fsp3) is 0.0588. The van der Waals surface area contributed by atoms with Crippen LogP contribution in [-0.2, 0) is 0 Å². The Morgan fingerprint density at radius 2 is 1.33 bits per heavy atom. The van der Waals surface area contributed by atoms with Gasteiger partial charge in [-0.15, -0.1) is 0 Å². The van der Waals surface area contributed by atoms with Crippen LogP contribution in [-0.4, -0.2) is 0 Å². The minimum absolute atomic E-state index is 0.605. The van der Waals surface area contributed by atoms with Gasteiger partial charge in [-0.05, 0) is 23.1 Å². The molecule has 0 fully saturated rings. The Morgan fingerprint density at radius 1 is 0.889 bits per heavy atom. The maximum Gasteiger partial charge on any atom is 0.0348 e. The molecule has 0 radical (unpaired) electrons. The highest BCUT2D eigenvalue weighted by molar-refractivity contribution is 7.77. The lowest BCUT2D eigenvalue weighted by molar-refractivity contribution is 1.63. The molecule has 2 aromatic carbocycles. The Labute approximate surface area is 110 Å². The van der Waals surface area contributed by atoms with E-state index in [0.717, 1.165) is 5.57 Å². The zero-order valence-corrected chi connectivity index (χ0v) is 11.3. The molecule has 0 saturated heterocycles. The van der Waals surface area contributed by atoms with Crippen molar-refractivity contribution < 1.29 is 0 Å². The van der Waals surface area contributed by atoms with Crippen LogP contribution >= 0.6 is 7.92 Å². The van der Waals surface area contributed by atoms with Crippen molar-refractivity contribution in [2.45, 2.75) is 6.92 Å². The van der Waals surface area contributed by atoms with E-state index in [9.17, 15) is 0 Å². The van der Waals surface area contributed by atoms with E-state index >= 15 is 0 Å². The van der Waals surface area contributed by atoms with Gasteiger partial charge in [0.05, 0.1) is 0 Å². The van der Waals surface area contributed by atoms with Crippen LogP contribution in [0.3, 0.4) is 0 Å². The van der Waals surface area contributed by atoms with Crippen LogP contribution in [0, 0.1) is 11.6 Å². The van der Waals surface area contributed by atoms with Gasteiger partial charge in [0.1, 0.15) is 0 Å². The summed E-state index contributed by atoms with van der Waals surface area (Å²) < 4.78 is 0. The minimum Gasteiger partial charge on any atom is -0.0877 e. The molecule has 0 amide bonds. The van der Waals surface area contributed by atoms with Gasteiger partial charge >= 0.3 is 0 Å². The molecular weight excluding hydrogens is 235 g/mol. The Kier molecular flexibility index (Phi) is 4.35. The lowest BCUT2D eigenvalue weighted by Gasteiger charge is -2.11. The SMILES string of the molecule is C=C(C)C#CP(c1ccccc1)c1ccccc1. The summed E-state index contributed by atoms with van der Waals surface area (Å²) in [6.45, 7) is 5.79. The fourth-order valence-corrected chi connectivity index (χ4v) is 3.38. The number of rotatable bonds is 2. The van der Waals surface area contributed by atoms with Crippen LogP contribution in [0.25, 0.3) is 0 Å². The zero-order chi connectivity index (χ0) is 12.8. The average Bonchev–Trinajstić information content (AvgIpc) is 2.41. The second kappa shape index (κ2) is 6.20. The van der Waals surface area contributed by atoms with Gasteiger partial charge in [0, 0.05) is 7.92 Å². The van der Waals surface area contributed by atoms with E-state index in [4.69, 9.17) is 0 Å². The molecule has 0 heterocycles. The van der Waals surface area contributed by atoms with Gasteiger partial charge in [0.2, 0.25) is 0 Å². The van der Waals surface area contributed by atoms with Crippen molar-refractivity contribution in [3.63, 3.8) is 0 Å². The fourth-order valence-electron chi connectivity index (χ4n) is 1.58. The van der Waals surface area contributed by atoms with E-state index in [0.29, 0.717) is 0 Å². The van der Waals surface area contributed by atoms with E-state index < -0.39 is 7.92 Å². The monoisotopic (exact) mass is 250 g/mol. The quantitative estimate of drug-likeness (QED) is 0.563. The molecule has 0 aliphatic heterocycles. The third kappa shape index (κ3) is 3.33. The number of allylic oxidation sites excluding steroid dienone is 1. The topological polar surface area (TPSA) is 0 Å². The predicted octanol–water partition coefficient (Wildman–Crippen LogP) is 3.66. The van der Waals surface area contributed by atoms with Crippen molar-refractivity contribution in [3.8, 4) is 11.6 Å². The van der Waals surface area contributed by atoms with Gasteiger partial charge < -0.3 is 0 Å². The molecule has 0 bridgehead atoms. The third-order valence-corrected chi connectivity index (χ3v) is 4.37. The minimum atomic E-state index is -0.605. The summed E-state index contributed by atoms with van der Waals surface area (Å²) in [4.78, 5) is 0. The zero-order valence-electron chi connectivity index (χ0n) is 10.4. The van der Waals surface area contributed by atoms with E-state index in [2.05, 4.69) is 66.7 Å². The first-order valence-electron chi connectivity index (χ1n) is 5.85. The first-order chi connectivity index (χ1) is 8.77. The molecule has 0 unspecified atom stereocenters. The van der Waals surface area contributed by atoms with Crippen LogP contribution in [0.5, 0.6) is 0 Å². The number of hydrogen-bond donors (Lipinski definition) is 0. The molecule has 0 atom stereocenters. The van der Waals surface area contributed by atoms with E-state index in [1.807, 2.05) is 19.1 Å². The molecule has 0 aliphatic rings. The van der Waals surface area contributed by atoms with Crippen molar-refractivity contribution in [2.75, 3.05) is 0 Å². The molecule has 0 N–H and O–H groups in total. The molecule has 88 valence electrons. The van der Waals surface area contributed by atoms with Crippen molar-refractivity contribution in [3.05, 3.63) is 72.8 Å². The van der Waals surface area contributed by atoms with E-state index in [-0.39, 0.29) is 0 Å². The highest BCUT2D eigenvalue weighted by Gasteiger charge is 2.09. The summed E-state index contributed by atoms with van der Waals surface area (Å²) in [5, 5.41) is 2.57. The second-order valence-corrected chi connectivity index (χ2v) is 5.95. The number of benzene rings is 2. The van der Waals surface area contributed by atoms with Crippen LogP contribution in [0.4, 0.5) is 0 Å². The average molecular weight is 250 g/mol. The molecule has 18 heavy (non-hydrogen) atoms. The summed E-state index contributed by atoms with van der Waals surface area (Å²) in [7, 11) is -0.605. The van der Waals surface area contributed by atoms with Gasteiger partial charge in [-0.1, -0.05) is 78.8 Å². The summed E-state index contributed by atoms with van der Waals surface area (Å²) in [5.41, 5.74) is 4.28. The largest absolute Gasteiger partial charge is 0.0877 e. The molecule has 0 aromatic heterocycles. The summed E-state index contributed by atoms with van der Waals surface area (Å²) >= 11 is 0. The summed E-state index contributed by atoms with van der Waals surface area (Å²) in [5.74, 6) is 3.13. The first-order valence-corrected chi connectivity index (χ1v) is 7.19. The van der Waals surface area contributed by atoms with E-state index in [1.54, 1.807) is 0 Å². The normalized spacial score (nSPS) is 9.67. The molecule has 0 aliphatic carbocycles. The van der Waals surface area contributed by atoms with Crippen LogP contribution in [0.15, 0.2) is 72.8 Å².